The van der Waals surface area contributed by atoms with Crippen molar-refractivity contribution in [1.29, 1.82) is 0 Å². The number of ether oxygens (including phenoxy) is 3. The Hall–Kier alpha value is -1.79. The zero-order chi connectivity index (χ0) is 19.9. The Morgan fingerprint density at radius 1 is 1.14 bits per heavy atom. The fourth-order valence-electron chi connectivity index (χ4n) is 4.63. The van der Waals surface area contributed by atoms with Crippen LogP contribution in [0.25, 0.3) is 0 Å². The molecule has 0 radical (unpaired) electrons. The molecule has 28 heavy (non-hydrogen) atoms. The number of carboxylic acid groups (broad SMARTS) is 1. The molecule has 3 rings (SSSR count). The van der Waals surface area contributed by atoms with Gasteiger partial charge in [-0.2, -0.15) is 0 Å². The van der Waals surface area contributed by atoms with Crippen LogP contribution < -0.4 is 9.47 Å². The van der Waals surface area contributed by atoms with Gasteiger partial charge in [0.2, 0.25) is 0 Å². The molecule has 0 aromatic heterocycles. The van der Waals surface area contributed by atoms with Crippen LogP contribution >= 0.6 is 0 Å². The molecule has 0 unspecified atom stereocenters. The van der Waals surface area contributed by atoms with Crippen molar-refractivity contribution in [3.63, 3.8) is 0 Å². The number of carboxylic acids is 1. The zero-order valence-electron chi connectivity index (χ0n) is 17.1. The molecule has 0 spiro atoms. The van der Waals surface area contributed by atoms with E-state index in [0.29, 0.717) is 12.6 Å². The number of aliphatic carboxylic acids is 1. The Morgan fingerprint density at radius 2 is 1.93 bits per heavy atom. The second-order valence-electron chi connectivity index (χ2n) is 7.95. The molecule has 6 heteroatoms. The Labute approximate surface area is 167 Å². The van der Waals surface area contributed by atoms with Crippen molar-refractivity contribution < 1.29 is 24.1 Å². The fourth-order valence-corrected chi connectivity index (χ4v) is 4.63. The van der Waals surface area contributed by atoms with Crippen LogP contribution in [0.3, 0.4) is 0 Å². The summed E-state index contributed by atoms with van der Waals surface area (Å²) < 4.78 is 17.0. The summed E-state index contributed by atoms with van der Waals surface area (Å²) in [6.45, 7) is 2.58. The van der Waals surface area contributed by atoms with Gasteiger partial charge in [-0.1, -0.05) is 18.9 Å². The molecule has 1 N–H and O–H groups in total. The summed E-state index contributed by atoms with van der Waals surface area (Å²) in [5.74, 6) is 1.09. The number of benzene rings is 1. The standard InChI is InChI=1S/C22H33NO5/c1-26-20-8-7-16(13-21(20)27-2)10-12-28-19-6-4-3-5-18(19)23-11-9-17(15-23)14-22(24)25/h7-8,13,17-19H,3-6,9-12,14-15H2,1-2H3,(H,24,25)/t17-,18-,19-/m0/s1. The highest BCUT2D eigenvalue weighted by Crippen LogP contribution is 2.31. The molecule has 6 nitrogen and oxygen atoms in total. The molecule has 2 fully saturated rings. The Balaban J connectivity index is 1.52. The summed E-state index contributed by atoms with van der Waals surface area (Å²) >= 11 is 0. The van der Waals surface area contributed by atoms with E-state index in [1.165, 1.54) is 18.4 Å². The highest BCUT2D eigenvalue weighted by atomic mass is 16.5. The molecule has 1 heterocycles. The van der Waals surface area contributed by atoms with Gasteiger partial charge in [-0.05, 0) is 55.8 Å². The minimum atomic E-state index is -0.682. The lowest BCUT2D eigenvalue weighted by Gasteiger charge is -2.38. The second kappa shape index (κ2) is 10.1. The topological polar surface area (TPSA) is 68.2 Å². The van der Waals surface area contributed by atoms with Crippen molar-refractivity contribution in [2.24, 2.45) is 5.92 Å². The number of hydrogen-bond donors (Lipinski definition) is 1. The number of hydrogen-bond acceptors (Lipinski definition) is 5. The monoisotopic (exact) mass is 391 g/mol. The normalized spacial score (nSPS) is 25.6. The molecule has 1 aliphatic heterocycles. The first-order chi connectivity index (χ1) is 13.6. The van der Waals surface area contributed by atoms with Crippen molar-refractivity contribution in [3.05, 3.63) is 23.8 Å². The maximum atomic E-state index is 11.0. The largest absolute Gasteiger partial charge is 0.493 e. The van der Waals surface area contributed by atoms with Crippen LogP contribution in [0.5, 0.6) is 11.5 Å². The van der Waals surface area contributed by atoms with Gasteiger partial charge in [0.25, 0.3) is 0 Å². The smallest absolute Gasteiger partial charge is 0.303 e. The fraction of sp³-hybridized carbons (Fsp3) is 0.682. The van der Waals surface area contributed by atoms with E-state index in [4.69, 9.17) is 19.3 Å². The van der Waals surface area contributed by atoms with Gasteiger partial charge >= 0.3 is 5.97 Å². The summed E-state index contributed by atoms with van der Waals surface area (Å²) in [5.41, 5.74) is 1.17. The average Bonchev–Trinajstić information content (AvgIpc) is 3.15. The third-order valence-corrected chi connectivity index (χ3v) is 6.09. The zero-order valence-corrected chi connectivity index (χ0v) is 17.1. The van der Waals surface area contributed by atoms with Gasteiger partial charge in [-0.3, -0.25) is 9.69 Å². The SMILES string of the molecule is COc1ccc(CCO[C@H]2CCCC[C@@H]2N2CC[C@@H](CC(=O)O)C2)cc1OC. The van der Waals surface area contributed by atoms with Crippen molar-refractivity contribution in [3.8, 4) is 11.5 Å². The van der Waals surface area contributed by atoms with E-state index < -0.39 is 5.97 Å². The summed E-state index contributed by atoms with van der Waals surface area (Å²) in [6, 6.07) is 6.43. The van der Waals surface area contributed by atoms with Gasteiger partial charge in [0, 0.05) is 19.0 Å². The number of nitrogens with zero attached hydrogens (tertiary/aromatic N) is 1. The van der Waals surface area contributed by atoms with E-state index in [1.807, 2.05) is 12.1 Å². The molecular formula is C22H33NO5. The van der Waals surface area contributed by atoms with Crippen molar-refractivity contribution in [2.75, 3.05) is 33.9 Å². The van der Waals surface area contributed by atoms with Gasteiger partial charge in [0.15, 0.2) is 11.5 Å². The molecule has 156 valence electrons. The molecule has 1 aliphatic carbocycles. The maximum Gasteiger partial charge on any atom is 0.303 e. The van der Waals surface area contributed by atoms with Crippen molar-refractivity contribution in [1.82, 2.24) is 4.90 Å². The molecule has 0 bridgehead atoms. The number of carbonyl (C=O) groups is 1. The van der Waals surface area contributed by atoms with Crippen LogP contribution in [0.4, 0.5) is 0 Å². The van der Waals surface area contributed by atoms with Crippen molar-refractivity contribution in [2.45, 2.75) is 57.1 Å². The van der Waals surface area contributed by atoms with E-state index in [2.05, 4.69) is 11.0 Å². The summed E-state index contributed by atoms with van der Waals surface area (Å²) in [7, 11) is 3.29. The van der Waals surface area contributed by atoms with Crippen LogP contribution in [0, 0.1) is 5.92 Å². The Kier molecular flexibility index (Phi) is 7.57. The summed E-state index contributed by atoms with van der Waals surface area (Å²) in [4.78, 5) is 13.5. The second-order valence-corrected chi connectivity index (χ2v) is 7.95. The molecule has 1 aromatic carbocycles. The molecule has 3 atom stereocenters. The lowest BCUT2D eigenvalue weighted by Crippen LogP contribution is -2.45. The van der Waals surface area contributed by atoms with Crippen LogP contribution in [0.15, 0.2) is 18.2 Å². The lowest BCUT2D eigenvalue weighted by molar-refractivity contribution is -0.138. The van der Waals surface area contributed by atoms with E-state index >= 15 is 0 Å². The van der Waals surface area contributed by atoms with Gasteiger partial charge in [-0.25, -0.2) is 0 Å². The van der Waals surface area contributed by atoms with E-state index in [9.17, 15) is 4.79 Å². The highest BCUT2D eigenvalue weighted by molar-refractivity contribution is 5.67. The van der Waals surface area contributed by atoms with Crippen LogP contribution in [0.2, 0.25) is 0 Å². The number of likely N-dealkylation sites (tertiary alicyclic amines) is 1. The molecule has 1 saturated heterocycles. The van der Waals surface area contributed by atoms with Gasteiger partial charge in [0.05, 0.1) is 26.9 Å². The summed E-state index contributed by atoms with van der Waals surface area (Å²) in [5, 5.41) is 9.06. The highest BCUT2D eigenvalue weighted by Gasteiger charge is 2.35. The minimum absolute atomic E-state index is 0.248. The molecular weight excluding hydrogens is 358 g/mol. The van der Waals surface area contributed by atoms with Crippen LogP contribution in [-0.4, -0.2) is 62.0 Å². The average molecular weight is 392 g/mol. The van der Waals surface area contributed by atoms with Gasteiger partial charge in [-0.15, -0.1) is 0 Å². The Morgan fingerprint density at radius 3 is 2.68 bits per heavy atom. The van der Waals surface area contributed by atoms with E-state index in [-0.39, 0.29) is 18.4 Å². The number of methoxy groups -OCH3 is 2. The van der Waals surface area contributed by atoms with Crippen LogP contribution in [-0.2, 0) is 16.0 Å². The molecule has 1 aromatic rings. The van der Waals surface area contributed by atoms with Crippen molar-refractivity contribution >= 4 is 5.97 Å². The first-order valence-electron chi connectivity index (χ1n) is 10.4. The van der Waals surface area contributed by atoms with Gasteiger partial charge in [0.1, 0.15) is 0 Å². The van der Waals surface area contributed by atoms with Gasteiger partial charge < -0.3 is 19.3 Å². The summed E-state index contributed by atoms with van der Waals surface area (Å²) in [6.07, 6.45) is 7.06. The lowest BCUT2D eigenvalue weighted by atomic mass is 9.91. The van der Waals surface area contributed by atoms with Crippen LogP contribution in [0.1, 0.15) is 44.1 Å². The quantitative estimate of drug-likeness (QED) is 0.696. The third kappa shape index (κ3) is 5.39. The third-order valence-electron chi connectivity index (χ3n) is 6.09. The Bertz CT molecular complexity index is 650. The molecule has 1 saturated carbocycles. The first-order valence-corrected chi connectivity index (χ1v) is 10.4. The minimum Gasteiger partial charge on any atom is -0.493 e. The number of rotatable bonds is 9. The van der Waals surface area contributed by atoms with E-state index in [0.717, 1.165) is 50.3 Å². The first kappa shape index (κ1) is 20.9. The molecule has 2 aliphatic rings. The predicted octanol–water partition coefficient (Wildman–Crippen LogP) is 3.37. The maximum absolute atomic E-state index is 11.0. The predicted molar refractivity (Wildman–Crippen MR) is 107 cm³/mol. The van der Waals surface area contributed by atoms with E-state index in [1.54, 1.807) is 14.2 Å². The molecule has 0 amide bonds.